The number of β-amino-alcohol motifs (C(OH)–C–C–N with tert-alkyl or cyclic N) is 1. The van der Waals surface area contributed by atoms with Gasteiger partial charge in [-0.15, -0.1) is 0 Å². The van der Waals surface area contributed by atoms with Crippen molar-refractivity contribution < 1.29 is 14.6 Å². The standard InChI is InChI=1S/C11H21NO3/c1-4-9(11(14)15-5-2)12-6-8(3)10(13)7-12/h8-10,13H,4-7H2,1-3H3/t8-,9+,10-/m1/s1. The quantitative estimate of drug-likeness (QED) is 0.699. The van der Waals surface area contributed by atoms with E-state index in [2.05, 4.69) is 0 Å². The summed E-state index contributed by atoms with van der Waals surface area (Å²) in [6.45, 7) is 7.56. The van der Waals surface area contributed by atoms with Crippen LogP contribution in [-0.4, -0.2) is 47.8 Å². The Hall–Kier alpha value is -0.610. The summed E-state index contributed by atoms with van der Waals surface area (Å²) in [5.41, 5.74) is 0. The summed E-state index contributed by atoms with van der Waals surface area (Å²) in [5, 5.41) is 9.63. The lowest BCUT2D eigenvalue weighted by molar-refractivity contribution is -0.149. The van der Waals surface area contributed by atoms with Gasteiger partial charge in [-0.1, -0.05) is 13.8 Å². The molecule has 4 nitrogen and oxygen atoms in total. The Morgan fingerprint density at radius 2 is 2.20 bits per heavy atom. The summed E-state index contributed by atoms with van der Waals surface area (Å²) in [6.07, 6.45) is 0.423. The number of aliphatic hydroxyl groups is 1. The summed E-state index contributed by atoms with van der Waals surface area (Å²) in [4.78, 5) is 13.7. The molecule has 0 aromatic carbocycles. The molecule has 0 aromatic rings. The summed E-state index contributed by atoms with van der Waals surface area (Å²) < 4.78 is 5.02. The van der Waals surface area contributed by atoms with Crippen LogP contribution in [0.5, 0.6) is 0 Å². The molecule has 0 bridgehead atoms. The van der Waals surface area contributed by atoms with E-state index in [1.807, 2.05) is 25.7 Å². The lowest BCUT2D eigenvalue weighted by Gasteiger charge is -2.24. The first-order valence-electron chi connectivity index (χ1n) is 5.68. The molecule has 1 N–H and O–H groups in total. The Labute approximate surface area is 91.2 Å². The van der Waals surface area contributed by atoms with Crippen LogP contribution in [0, 0.1) is 5.92 Å². The van der Waals surface area contributed by atoms with Crippen molar-refractivity contribution in [3.8, 4) is 0 Å². The first-order chi connectivity index (χ1) is 7.10. The van der Waals surface area contributed by atoms with Crippen molar-refractivity contribution in [1.29, 1.82) is 0 Å². The van der Waals surface area contributed by atoms with Gasteiger partial charge in [0.05, 0.1) is 12.7 Å². The second-order valence-corrected chi connectivity index (χ2v) is 4.17. The van der Waals surface area contributed by atoms with Gasteiger partial charge in [-0.25, -0.2) is 0 Å². The summed E-state index contributed by atoms with van der Waals surface area (Å²) in [6, 6.07) is -0.190. The largest absolute Gasteiger partial charge is 0.465 e. The van der Waals surface area contributed by atoms with E-state index in [0.29, 0.717) is 13.2 Å². The third kappa shape index (κ3) is 2.92. The Balaban J connectivity index is 2.56. The van der Waals surface area contributed by atoms with E-state index in [1.165, 1.54) is 0 Å². The smallest absolute Gasteiger partial charge is 0.323 e. The fraction of sp³-hybridized carbons (Fsp3) is 0.909. The third-order valence-electron chi connectivity index (χ3n) is 2.99. The molecular weight excluding hydrogens is 194 g/mol. The lowest BCUT2D eigenvalue weighted by atomic mass is 10.1. The zero-order valence-corrected chi connectivity index (χ0v) is 9.77. The van der Waals surface area contributed by atoms with Crippen molar-refractivity contribution in [2.24, 2.45) is 5.92 Å². The Kier molecular flexibility index (Phi) is 4.54. The Bertz CT molecular complexity index is 210. The van der Waals surface area contributed by atoms with Crippen molar-refractivity contribution in [3.05, 3.63) is 0 Å². The normalized spacial score (nSPS) is 29.1. The molecule has 0 radical (unpaired) electrons. The maximum absolute atomic E-state index is 11.6. The van der Waals surface area contributed by atoms with Gasteiger partial charge in [-0.3, -0.25) is 9.69 Å². The predicted molar refractivity (Wildman–Crippen MR) is 57.5 cm³/mol. The highest BCUT2D eigenvalue weighted by atomic mass is 16.5. The molecule has 0 aliphatic carbocycles. The topological polar surface area (TPSA) is 49.8 Å². The maximum Gasteiger partial charge on any atom is 0.323 e. The number of esters is 1. The van der Waals surface area contributed by atoms with Crippen LogP contribution in [-0.2, 0) is 9.53 Å². The van der Waals surface area contributed by atoms with Crippen LogP contribution in [0.2, 0.25) is 0 Å². The maximum atomic E-state index is 11.6. The number of hydrogen-bond acceptors (Lipinski definition) is 4. The number of hydrogen-bond donors (Lipinski definition) is 1. The van der Waals surface area contributed by atoms with E-state index in [0.717, 1.165) is 13.0 Å². The fourth-order valence-electron chi connectivity index (χ4n) is 2.05. The highest BCUT2D eigenvalue weighted by molar-refractivity contribution is 5.75. The zero-order valence-electron chi connectivity index (χ0n) is 9.77. The zero-order chi connectivity index (χ0) is 11.4. The molecule has 1 heterocycles. The van der Waals surface area contributed by atoms with Crippen LogP contribution < -0.4 is 0 Å². The van der Waals surface area contributed by atoms with Gasteiger partial charge >= 0.3 is 5.97 Å². The van der Waals surface area contributed by atoms with Crippen LogP contribution in [0.3, 0.4) is 0 Å². The summed E-state index contributed by atoms with van der Waals surface area (Å²) in [7, 11) is 0. The number of carbonyl (C=O) groups is 1. The molecule has 15 heavy (non-hydrogen) atoms. The minimum atomic E-state index is -0.312. The number of rotatable bonds is 4. The van der Waals surface area contributed by atoms with Gasteiger partial charge < -0.3 is 9.84 Å². The second kappa shape index (κ2) is 5.47. The molecule has 0 spiro atoms. The van der Waals surface area contributed by atoms with E-state index in [1.54, 1.807) is 0 Å². The van der Waals surface area contributed by atoms with Gasteiger partial charge in [0.15, 0.2) is 0 Å². The van der Waals surface area contributed by atoms with Crippen molar-refractivity contribution in [3.63, 3.8) is 0 Å². The van der Waals surface area contributed by atoms with Crippen LogP contribution in [0.25, 0.3) is 0 Å². The number of nitrogens with zero attached hydrogens (tertiary/aromatic N) is 1. The van der Waals surface area contributed by atoms with Crippen LogP contribution in [0.15, 0.2) is 0 Å². The van der Waals surface area contributed by atoms with Gasteiger partial charge in [-0.05, 0) is 19.3 Å². The molecular formula is C11H21NO3. The lowest BCUT2D eigenvalue weighted by Crippen LogP contribution is -2.40. The van der Waals surface area contributed by atoms with Gasteiger partial charge in [0.1, 0.15) is 6.04 Å². The Morgan fingerprint density at radius 1 is 1.53 bits per heavy atom. The number of likely N-dealkylation sites (tertiary alicyclic amines) is 1. The molecule has 0 aromatic heterocycles. The first kappa shape index (κ1) is 12.5. The van der Waals surface area contributed by atoms with Crippen LogP contribution >= 0.6 is 0 Å². The number of ether oxygens (including phenoxy) is 1. The monoisotopic (exact) mass is 215 g/mol. The molecule has 1 aliphatic rings. The molecule has 0 unspecified atom stereocenters. The number of carbonyl (C=O) groups excluding carboxylic acids is 1. The van der Waals surface area contributed by atoms with E-state index in [9.17, 15) is 9.90 Å². The van der Waals surface area contributed by atoms with Crippen molar-refractivity contribution in [2.45, 2.75) is 39.3 Å². The van der Waals surface area contributed by atoms with Crippen LogP contribution in [0.4, 0.5) is 0 Å². The highest BCUT2D eigenvalue weighted by Crippen LogP contribution is 2.20. The minimum absolute atomic E-state index is 0.165. The molecule has 1 fully saturated rings. The highest BCUT2D eigenvalue weighted by Gasteiger charge is 2.35. The van der Waals surface area contributed by atoms with Gasteiger partial charge in [0.25, 0.3) is 0 Å². The van der Waals surface area contributed by atoms with E-state index in [-0.39, 0.29) is 24.0 Å². The molecule has 3 atom stereocenters. The molecule has 1 saturated heterocycles. The van der Waals surface area contributed by atoms with Gasteiger partial charge in [-0.2, -0.15) is 0 Å². The van der Waals surface area contributed by atoms with E-state index >= 15 is 0 Å². The van der Waals surface area contributed by atoms with Crippen molar-refractivity contribution in [1.82, 2.24) is 4.90 Å². The van der Waals surface area contributed by atoms with Crippen molar-refractivity contribution >= 4 is 5.97 Å². The molecule has 1 aliphatic heterocycles. The Morgan fingerprint density at radius 3 is 2.60 bits per heavy atom. The average molecular weight is 215 g/mol. The number of aliphatic hydroxyl groups excluding tert-OH is 1. The molecule has 0 saturated carbocycles. The van der Waals surface area contributed by atoms with Gasteiger partial charge in [0.2, 0.25) is 0 Å². The van der Waals surface area contributed by atoms with E-state index < -0.39 is 0 Å². The summed E-state index contributed by atoms with van der Waals surface area (Å²) >= 11 is 0. The van der Waals surface area contributed by atoms with Crippen LogP contribution in [0.1, 0.15) is 27.2 Å². The minimum Gasteiger partial charge on any atom is -0.465 e. The molecule has 1 rings (SSSR count). The molecule has 4 heteroatoms. The second-order valence-electron chi connectivity index (χ2n) is 4.17. The summed E-state index contributed by atoms with van der Waals surface area (Å²) in [5.74, 6) is 0.0785. The average Bonchev–Trinajstić information content (AvgIpc) is 2.48. The third-order valence-corrected chi connectivity index (χ3v) is 2.99. The van der Waals surface area contributed by atoms with Crippen molar-refractivity contribution in [2.75, 3.05) is 19.7 Å². The first-order valence-corrected chi connectivity index (χ1v) is 5.68. The molecule has 0 amide bonds. The SMILES string of the molecule is CCOC(=O)[C@H](CC)N1C[C@@H](C)[C@H](O)C1. The molecule has 88 valence electrons. The fourth-order valence-corrected chi connectivity index (χ4v) is 2.05. The van der Waals surface area contributed by atoms with E-state index in [4.69, 9.17) is 4.74 Å². The predicted octanol–water partition coefficient (Wildman–Crippen LogP) is 0.641. The van der Waals surface area contributed by atoms with Gasteiger partial charge in [0, 0.05) is 13.1 Å².